The van der Waals surface area contributed by atoms with Gasteiger partial charge >= 0.3 is 0 Å². The molecule has 110 valence electrons. The summed E-state index contributed by atoms with van der Waals surface area (Å²) in [5, 5.41) is 0. The number of halogens is 1. The molecule has 2 aromatic rings. The summed E-state index contributed by atoms with van der Waals surface area (Å²) in [4.78, 5) is 14.9. The molecule has 0 unspecified atom stereocenters. The number of ether oxygens (including phenoxy) is 1. The molecule has 0 saturated carbocycles. The fourth-order valence-corrected chi connectivity index (χ4v) is 2.62. The first-order chi connectivity index (χ1) is 10.0. The fraction of sp³-hybridized carbons (Fsp3) is 0.188. The molecule has 0 aliphatic rings. The lowest BCUT2D eigenvalue weighted by atomic mass is 10.1. The first-order valence-electron chi connectivity index (χ1n) is 6.38. The zero-order valence-corrected chi connectivity index (χ0v) is 14.3. The van der Waals surface area contributed by atoms with E-state index in [1.807, 2.05) is 36.4 Å². The van der Waals surface area contributed by atoms with E-state index in [4.69, 9.17) is 4.74 Å². The number of hydrogen-bond acceptors (Lipinski definition) is 3. The number of thiol groups is 1. The van der Waals surface area contributed by atoms with Crippen LogP contribution in [0.4, 0.5) is 0 Å². The average molecular weight is 366 g/mol. The van der Waals surface area contributed by atoms with Crippen molar-refractivity contribution in [2.75, 3.05) is 14.2 Å². The predicted molar refractivity (Wildman–Crippen MR) is 90.2 cm³/mol. The molecule has 3 nitrogen and oxygen atoms in total. The summed E-state index contributed by atoms with van der Waals surface area (Å²) in [5.74, 6) is 0.729. The summed E-state index contributed by atoms with van der Waals surface area (Å²) < 4.78 is 5.96. The maximum Gasteiger partial charge on any atom is 0.255 e. The number of carbonyl (C=O) groups is 1. The smallest absolute Gasteiger partial charge is 0.255 e. The zero-order chi connectivity index (χ0) is 15.4. The molecule has 0 atom stereocenters. The lowest BCUT2D eigenvalue weighted by molar-refractivity contribution is 0.0784. The monoisotopic (exact) mass is 365 g/mol. The van der Waals surface area contributed by atoms with Crippen LogP contribution in [-0.2, 0) is 6.54 Å². The molecule has 2 aromatic carbocycles. The molecule has 0 aliphatic heterocycles. The molecule has 0 bridgehead atoms. The molecule has 2 rings (SSSR count). The largest absolute Gasteiger partial charge is 0.497 e. The maximum absolute atomic E-state index is 12.5. The number of carbonyl (C=O) groups excluding carboxylic acids is 1. The molecular weight excluding hydrogens is 350 g/mol. The van der Waals surface area contributed by atoms with Gasteiger partial charge in [-0.3, -0.25) is 4.79 Å². The van der Waals surface area contributed by atoms with Crippen molar-refractivity contribution in [3.8, 4) is 5.75 Å². The van der Waals surface area contributed by atoms with Gasteiger partial charge in [-0.2, -0.15) is 0 Å². The molecule has 0 N–H and O–H groups in total. The topological polar surface area (TPSA) is 29.5 Å². The summed E-state index contributed by atoms with van der Waals surface area (Å²) in [7, 11) is 3.41. The van der Waals surface area contributed by atoms with Crippen molar-refractivity contribution in [3.63, 3.8) is 0 Å². The summed E-state index contributed by atoms with van der Waals surface area (Å²) in [6.07, 6.45) is 0. The van der Waals surface area contributed by atoms with Gasteiger partial charge in [0.25, 0.3) is 5.91 Å². The fourth-order valence-electron chi connectivity index (χ4n) is 2.00. The van der Waals surface area contributed by atoms with Crippen LogP contribution in [0.3, 0.4) is 0 Å². The molecule has 21 heavy (non-hydrogen) atoms. The van der Waals surface area contributed by atoms with Gasteiger partial charge < -0.3 is 9.64 Å². The molecule has 0 heterocycles. The Morgan fingerprint density at radius 3 is 2.76 bits per heavy atom. The highest BCUT2D eigenvalue weighted by atomic mass is 79.9. The second-order valence-electron chi connectivity index (χ2n) is 4.68. The molecule has 0 spiro atoms. The Morgan fingerprint density at radius 1 is 1.29 bits per heavy atom. The van der Waals surface area contributed by atoms with Gasteiger partial charge in [0.15, 0.2) is 0 Å². The number of hydrogen-bond donors (Lipinski definition) is 1. The predicted octanol–water partition coefficient (Wildman–Crippen LogP) is 4.02. The van der Waals surface area contributed by atoms with Crippen LogP contribution in [0.2, 0.25) is 0 Å². The Kier molecular flexibility index (Phi) is 5.31. The lowest BCUT2D eigenvalue weighted by Crippen LogP contribution is -2.26. The minimum atomic E-state index is -0.0550. The molecule has 5 heteroatoms. The van der Waals surface area contributed by atoms with E-state index in [-0.39, 0.29) is 5.91 Å². The Morgan fingerprint density at radius 2 is 2.05 bits per heavy atom. The highest BCUT2D eigenvalue weighted by Gasteiger charge is 2.15. The van der Waals surface area contributed by atoms with Crippen molar-refractivity contribution in [2.24, 2.45) is 0 Å². The highest BCUT2D eigenvalue weighted by Crippen LogP contribution is 2.22. The standard InChI is InChI=1S/C16H16BrNO2S/c1-18(10-11-4-3-5-12(8-11)20-2)16(19)14-9-13(21)6-7-15(14)17/h3-9,21H,10H2,1-2H3. The van der Waals surface area contributed by atoms with E-state index in [0.717, 1.165) is 20.7 Å². The Labute approximate surface area is 138 Å². The van der Waals surface area contributed by atoms with E-state index in [2.05, 4.69) is 28.6 Å². The minimum absolute atomic E-state index is 0.0550. The molecular formula is C16H16BrNO2S. The maximum atomic E-state index is 12.5. The van der Waals surface area contributed by atoms with Crippen LogP contribution in [0, 0.1) is 0 Å². The molecule has 0 aromatic heterocycles. The number of methoxy groups -OCH3 is 1. The summed E-state index contributed by atoms with van der Waals surface area (Å²) >= 11 is 7.69. The van der Waals surface area contributed by atoms with Gasteiger partial charge in [0.05, 0.1) is 12.7 Å². The van der Waals surface area contributed by atoms with Crippen molar-refractivity contribution in [1.82, 2.24) is 4.90 Å². The quantitative estimate of drug-likeness (QED) is 0.829. The van der Waals surface area contributed by atoms with Gasteiger partial charge in [-0.15, -0.1) is 12.6 Å². The highest BCUT2D eigenvalue weighted by molar-refractivity contribution is 9.10. The van der Waals surface area contributed by atoms with Crippen LogP contribution in [-0.4, -0.2) is 25.0 Å². The zero-order valence-electron chi connectivity index (χ0n) is 11.8. The number of nitrogens with zero attached hydrogens (tertiary/aromatic N) is 1. The third kappa shape index (κ3) is 4.02. The van der Waals surface area contributed by atoms with E-state index >= 15 is 0 Å². The molecule has 0 radical (unpaired) electrons. The van der Waals surface area contributed by atoms with Crippen molar-refractivity contribution in [2.45, 2.75) is 11.4 Å². The van der Waals surface area contributed by atoms with E-state index in [1.54, 1.807) is 25.1 Å². The van der Waals surface area contributed by atoms with Crippen LogP contribution in [0.25, 0.3) is 0 Å². The van der Waals surface area contributed by atoms with Gasteiger partial charge in [0.1, 0.15) is 5.75 Å². The van der Waals surface area contributed by atoms with E-state index in [0.29, 0.717) is 12.1 Å². The van der Waals surface area contributed by atoms with Gasteiger partial charge in [-0.05, 0) is 51.8 Å². The molecule has 0 fully saturated rings. The van der Waals surface area contributed by atoms with E-state index in [9.17, 15) is 4.79 Å². The number of rotatable bonds is 4. The first kappa shape index (κ1) is 15.9. The SMILES string of the molecule is COc1cccc(CN(C)C(=O)c2cc(S)ccc2Br)c1. The Hall–Kier alpha value is -1.46. The van der Waals surface area contributed by atoms with Gasteiger partial charge in [0.2, 0.25) is 0 Å². The summed E-state index contributed by atoms with van der Waals surface area (Å²) in [6.45, 7) is 0.513. The first-order valence-corrected chi connectivity index (χ1v) is 7.62. The van der Waals surface area contributed by atoms with Gasteiger partial charge in [0, 0.05) is 23.0 Å². The number of amides is 1. The van der Waals surface area contributed by atoms with Crippen LogP contribution in [0.5, 0.6) is 5.75 Å². The molecule has 0 aliphatic carbocycles. The van der Waals surface area contributed by atoms with Crippen LogP contribution >= 0.6 is 28.6 Å². The second kappa shape index (κ2) is 7.00. The average Bonchev–Trinajstić information content (AvgIpc) is 2.49. The molecule has 1 amide bonds. The molecule has 0 saturated heterocycles. The summed E-state index contributed by atoms with van der Waals surface area (Å²) in [6, 6.07) is 13.1. The van der Waals surface area contributed by atoms with Crippen LogP contribution in [0.15, 0.2) is 51.8 Å². The Bertz CT molecular complexity index is 660. The second-order valence-corrected chi connectivity index (χ2v) is 6.05. The lowest BCUT2D eigenvalue weighted by Gasteiger charge is -2.18. The van der Waals surface area contributed by atoms with Gasteiger partial charge in [-0.1, -0.05) is 12.1 Å². The summed E-state index contributed by atoms with van der Waals surface area (Å²) in [5.41, 5.74) is 1.62. The van der Waals surface area contributed by atoms with Crippen molar-refractivity contribution >= 4 is 34.5 Å². The Balaban J connectivity index is 2.17. The minimum Gasteiger partial charge on any atom is -0.497 e. The normalized spacial score (nSPS) is 10.3. The van der Waals surface area contributed by atoms with Crippen molar-refractivity contribution < 1.29 is 9.53 Å². The van der Waals surface area contributed by atoms with Crippen molar-refractivity contribution in [1.29, 1.82) is 0 Å². The van der Waals surface area contributed by atoms with Crippen LogP contribution < -0.4 is 4.74 Å². The third-order valence-corrected chi connectivity index (χ3v) is 4.05. The van der Waals surface area contributed by atoms with E-state index < -0.39 is 0 Å². The van der Waals surface area contributed by atoms with Crippen LogP contribution in [0.1, 0.15) is 15.9 Å². The van der Waals surface area contributed by atoms with E-state index in [1.165, 1.54) is 0 Å². The third-order valence-electron chi connectivity index (χ3n) is 3.08. The van der Waals surface area contributed by atoms with Gasteiger partial charge in [-0.25, -0.2) is 0 Å². The van der Waals surface area contributed by atoms with Crippen molar-refractivity contribution in [3.05, 3.63) is 58.1 Å². The number of benzene rings is 2.